The third-order valence-corrected chi connectivity index (χ3v) is 6.72. The van der Waals surface area contributed by atoms with Gasteiger partial charge in [0.15, 0.2) is 0 Å². The Labute approximate surface area is 123 Å². The number of nitrogens with zero attached hydrogens (tertiary/aromatic N) is 2. The molecule has 1 aromatic heterocycles. The number of nitrogens with one attached hydrogen (secondary N) is 1. The van der Waals surface area contributed by atoms with E-state index in [4.69, 9.17) is 0 Å². The van der Waals surface area contributed by atoms with E-state index in [-0.39, 0.29) is 0 Å². The number of aryl methyl sites for hydroxylation is 1. The Balaban J connectivity index is 1.73. The van der Waals surface area contributed by atoms with E-state index >= 15 is 0 Å². The van der Waals surface area contributed by atoms with E-state index in [1.807, 2.05) is 10.9 Å². The van der Waals surface area contributed by atoms with E-state index in [0.29, 0.717) is 22.9 Å². The summed E-state index contributed by atoms with van der Waals surface area (Å²) in [7, 11) is 0. The molecule has 2 saturated carbocycles. The molecule has 0 aliphatic heterocycles. The lowest BCUT2D eigenvalue weighted by atomic mass is 9.69. The van der Waals surface area contributed by atoms with Gasteiger partial charge in [-0.25, -0.2) is 0 Å². The minimum atomic E-state index is 0.396. The third kappa shape index (κ3) is 1.86. The van der Waals surface area contributed by atoms with Crippen LogP contribution in [0.1, 0.15) is 65.5 Å². The molecule has 1 aromatic rings. The SMILES string of the molecule is CCn1cc(C(C)NC2CC3CCC2(C)C3(C)C)cn1. The first-order valence-electron chi connectivity index (χ1n) is 8.17. The lowest BCUT2D eigenvalue weighted by Gasteiger charge is -2.40. The van der Waals surface area contributed by atoms with Gasteiger partial charge in [0, 0.05) is 30.4 Å². The van der Waals surface area contributed by atoms with Crippen LogP contribution < -0.4 is 5.32 Å². The zero-order valence-corrected chi connectivity index (χ0v) is 13.6. The molecule has 2 fully saturated rings. The second kappa shape index (κ2) is 4.59. The van der Waals surface area contributed by atoms with Crippen molar-refractivity contribution in [3.8, 4) is 0 Å². The molecule has 3 heteroatoms. The van der Waals surface area contributed by atoms with E-state index in [2.05, 4.69) is 51.2 Å². The highest BCUT2D eigenvalue weighted by atomic mass is 15.3. The average molecular weight is 275 g/mol. The van der Waals surface area contributed by atoms with Crippen molar-refractivity contribution in [2.45, 2.75) is 72.5 Å². The Morgan fingerprint density at radius 1 is 1.45 bits per heavy atom. The summed E-state index contributed by atoms with van der Waals surface area (Å²) in [4.78, 5) is 0. The van der Waals surface area contributed by atoms with Crippen LogP contribution >= 0.6 is 0 Å². The fraction of sp³-hybridized carbons (Fsp3) is 0.824. The van der Waals surface area contributed by atoms with Crippen LogP contribution in [0.2, 0.25) is 0 Å². The van der Waals surface area contributed by atoms with Crippen LogP contribution in [0.15, 0.2) is 12.4 Å². The fourth-order valence-electron chi connectivity index (χ4n) is 4.63. The van der Waals surface area contributed by atoms with Crippen LogP contribution in [-0.4, -0.2) is 15.8 Å². The molecular formula is C17H29N3. The molecule has 0 saturated heterocycles. The van der Waals surface area contributed by atoms with Crippen molar-refractivity contribution >= 4 is 0 Å². The molecule has 4 atom stereocenters. The maximum Gasteiger partial charge on any atom is 0.0537 e. The van der Waals surface area contributed by atoms with Gasteiger partial charge in [-0.3, -0.25) is 4.68 Å². The summed E-state index contributed by atoms with van der Waals surface area (Å²) in [5, 5.41) is 8.31. The zero-order chi connectivity index (χ0) is 14.5. The van der Waals surface area contributed by atoms with Gasteiger partial charge in [-0.05, 0) is 49.9 Å². The number of fused-ring (bicyclic) bond motifs is 2. The molecule has 2 bridgehead atoms. The number of rotatable bonds is 4. The molecule has 0 aromatic carbocycles. The van der Waals surface area contributed by atoms with E-state index in [1.165, 1.54) is 24.8 Å². The molecular weight excluding hydrogens is 246 g/mol. The maximum absolute atomic E-state index is 4.40. The van der Waals surface area contributed by atoms with Crippen molar-refractivity contribution in [3.63, 3.8) is 0 Å². The normalized spacial score (nSPS) is 36.5. The first kappa shape index (κ1) is 14.1. The molecule has 2 aliphatic carbocycles. The maximum atomic E-state index is 4.40. The summed E-state index contributed by atoms with van der Waals surface area (Å²) in [5.74, 6) is 0.899. The van der Waals surface area contributed by atoms with Crippen molar-refractivity contribution < 1.29 is 0 Å². The Morgan fingerprint density at radius 2 is 2.20 bits per heavy atom. The van der Waals surface area contributed by atoms with Crippen molar-refractivity contribution in [1.82, 2.24) is 15.1 Å². The number of hydrogen-bond donors (Lipinski definition) is 1. The standard InChI is InChI=1S/C17H29N3/c1-6-20-11-13(10-18-20)12(2)19-15-9-14-7-8-17(15,5)16(14,3)4/h10-12,14-15,19H,6-9H2,1-5H3. The summed E-state index contributed by atoms with van der Waals surface area (Å²) in [6.07, 6.45) is 8.34. The molecule has 112 valence electrons. The van der Waals surface area contributed by atoms with Crippen LogP contribution in [0.25, 0.3) is 0 Å². The summed E-state index contributed by atoms with van der Waals surface area (Å²) in [5.41, 5.74) is 2.25. The number of hydrogen-bond acceptors (Lipinski definition) is 2. The van der Waals surface area contributed by atoms with Crippen LogP contribution in [-0.2, 0) is 6.54 Å². The van der Waals surface area contributed by atoms with Gasteiger partial charge in [0.2, 0.25) is 0 Å². The van der Waals surface area contributed by atoms with Crippen LogP contribution in [0, 0.1) is 16.7 Å². The van der Waals surface area contributed by atoms with Crippen LogP contribution in [0.3, 0.4) is 0 Å². The summed E-state index contributed by atoms with van der Waals surface area (Å²) >= 11 is 0. The first-order chi connectivity index (χ1) is 9.38. The largest absolute Gasteiger partial charge is 0.307 e. The van der Waals surface area contributed by atoms with Crippen molar-refractivity contribution in [2.75, 3.05) is 0 Å². The lowest BCUT2D eigenvalue weighted by Crippen LogP contribution is -2.45. The molecule has 2 aliphatic rings. The highest BCUT2D eigenvalue weighted by molar-refractivity contribution is 5.16. The van der Waals surface area contributed by atoms with Crippen molar-refractivity contribution in [2.24, 2.45) is 16.7 Å². The quantitative estimate of drug-likeness (QED) is 0.906. The second-order valence-electron chi connectivity index (χ2n) is 7.68. The van der Waals surface area contributed by atoms with Gasteiger partial charge in [-0.15, -0.1) is 0 Å². The zero-order valence-electron chi connectivity index (χ0n) is 13.6. The molecule has 3 nitrogen and oxygen atoms in total. The Hall–Kier alpha value is -0.830. The van der Waals surface area contributed by atoms with Gasteiger partial charge >= 0.3 is 0 Å². The predicted octanol–water partition coefficient (Wildman–Crippen LogP) is 3.77. The lowest BCUT2D eigenvalue weighted by molar-refractivity contribution is 0.116. The van der Waals surface area contributed by atoms with Gasteiger partial charge in [0.05, 0.1) is 6.20 Å². The molecule has 3 rings (SSSR count). The molecule has 0 amide bonds. The predicted molar refractivity (Wildman–Crippen MR) is 82.5 cm³/mol. The van der Waals surface area contributed by atoms with Crippen molar-refractivity contribution in [1.29, 1.82) is 0 Å². The molecule has 4 unspecified atom stereocenters. The molecule has 1 heterocycles. The van der Waals surface area contributed by atoms with Crippen LogP contribution in [0.5, 0.6) is 0 Å². The minimum Gasteiger partial charge on any atom is -0.307 e. The van der Waals surface area contributed by atoms with Gasteiger partial charge in [0.1, 0.15) is 0 Å². The fourth-order valence-corrected chi connectivity index (χ4v) is 4.63. The van der Waals surface area contributed by atoms with Gasteiger partial charge in [-0.1, -0.05) is 20.8 Å². The Bertz CT molecular complexity index is 490. The summed E-state index contributed by atoms with van der Waals surface area (Å²) < 4.78 is 2.01. The number of aromatic nitrogens is 2. The molecule has 20 heavy (non-hydrogen) atoms. The van der Waals surface area contributed by atoms with Crippen LogP contribution in [0.4, 0.5) is 0 Å². The topological polar surface area (TPSA) is 29.9 Å². The van der Waals surface area contributed by atoms with Crippen molar-refractivity contribution in [3.05, 3.63) is 18.0 Å². The molecule has 0 radical (unpaired) electrons. The molecule has 0 spiro atoms. The smallest absolute Gasteiger partial charge is 0.0537 e. The second-order valence-corrected chi connectivity index (χ2v) is 7.68. The summed E-state index contributed by atoms with van der Waals surface area (Å²) in [6, 6.07) is 1.04. The highest BCUT2D eigenvalue weighted by Crippen LogP contribution is 2.65. The van der Waals surface area contributed by atoms with E-state index in [0.717, 1.165) is 12.5 Å². The van der Waals surface area contributed by atoms with Gasteiger partial charge in [-0.2, -0.15) is 5.10 Å². The average Bonchev–Trinajstić information content (AvgIpc) is 3.01. The van der Waals surface area contributed by atoms with E-state index < -0.39 is 0 Å². The Kier molecular flexibility index (Phi) is 3.24. The van der Waals surface area contributed by atoms with Gasteiger partial charge < -0.3 is 5.32 Å². The third-order valence-electron chi connectivity index (χ3n) is 6.72. The summed E-state index contributed by atoms with van der Waals surface area (Å²) in [6.45, 7) is 12.8. The monoisotopic (exact) mass is 275 g/mol. The van der Waals surface area contributed by atoms with E-state index in [1.54, 1.807) is 0 Å². The highest BCUT2D eigenvalue weighted by Gasteiger charge is 2.61. The van der Waals surface area contributed by atoms with Gasteiger partial charge in [0.25, 0.3) is 0 Å². The minimum absolute atomic E-state index is 0.396. The first-order valence-corrected chi connectivity index (χ1v) is 8.17. The van der Waals surface area contributed by atoms with E-state index in [9.17, 15) is 0 Å². The molecule has 1 N–H and O–H groups in total. The Morgan fingerprint density at radius 3 is 2.70 bits per heavy atom.